The van der Waals surface area contributed by atoms with Crippen LogP contribution in [-0.2, 0) is 0 Å². The van der Waals surface area contributed by atoms with Crippen LogP contribution in [0.4, 0.5) is 9.18 Å². The summed E-state index contributed by atoms with van der Waals surface area (Å²) in [5.74, 6) is -0.426. The van der Waals surface area contributed by atoms with E-state index in [0.29, 0.717) is 44.4 Å². The maximum Gasteiger partial charge on any atom is 0.319 e. The maximum absolute atomic E-state index is 14.4. The van der Waals surface area contributed by atoms with Gasteiger partial charge in [0.1, 0.15) is 0 Å². The second kappa shape index (κ2) is 10.9. The molecule has 7 nitrogen and oxygen atoms in total. The molecule has 2 fully saturated rings. The third-order valence-corrected chi connectivity index (χ3v) is 6.18. The first kappa shape index (κ1) is 23.5. The number of carbonyl (C=O) groups excluding carboxylic acids is 2. The van der Waals surface area contributed by atoms with Crippen molar-refractivity contribution in [3.63, 3.8) is 0 Å². The van der Waals surface area contributed by atoms with Crippen LogP contribution in [-0.4, -0.2) is 104 Å². The lowest BCUT2D eigenvalue weighted by Gasteiger charge is -2.35. The summed E-state index contributed by atoms with van der Waals surface area (Å²) in [6.07, 6.45) is 3.34. The number of likely N-dealkylation sites (tertiary alicyclic amines) is 1. The summed E-state index contributed by atoms with van der Waals surface area (Å²) >= 11 is 0. The molecule has 1 atom stereocenters. The van der Waals surface area contributed by atoms with Gasteiger partial charge in [0, 0.05) is 58.4 Å². The van der Waals surface area contributed by atoms with E-state index in [1.54, 1.807) is 36.0 Å². The number of nitrogens with zero attached hydrogens (tertiary/aromatic N) is 4. The Labute approximate surface area is 184 Å². The smallest absolute Gasteiger partial charge is 0.319 e. The van der Waals surface area contributed by atoms with Crippen LogP contribution in [0, 0.1) is 5.82 Å². The summed E-state index contributed by atoms with van der Waals surface area (Å²) in [6.45, 7) is 7.45. The molecule has 1 aromatic carbocycles. The van der Waals surface area contributed by atoms with Crippen molar-refractivity contribution < 1.29 is 18.7 Å². The topological polar surface area (TPSA) is 56.3 Å². The fraction of sp³-hybridized carbons (Fsp3) is 0.652. The Bertz CT molecular complexity index is 765. The van der Waals surface area contributed by atoms with E-state index in [0.717, 1.165) is 19.5 Å². The molecule has 172 valence electrons. The van der Waals surface area contributed by atoms with Crippen LogP contribution in [0.1, 0.15) is 36.5 Å². The van der Waals surface area contributed by atoms with Crippen molar-refractivity contribution in [2.75, 3.05) is 66.5 Å². The second-order valence-electron chi connectivity index (χ2n) is 8.74. The quantitative estimate of drug-likeness (QED) is 0.465. The van der Waals surface area contributed by atoms with E-state index in [1.807, 2.05) is 4.90 Å². The number of halogens is 1. The molecule has 2 aliphatic rings. The van der Waals surface area contributed by atoms with Crippen molar-refractivity contribution in [2.24, 2.45) is 0 Å². The van der Waals surface area contributed by atoms with Crippen molar-refractivity contribution in [3.05, 3.63) is 29.6 Å². The molecule has 2 aliphatic heterocycles. The molecular formula is C23H35FN4O3. The van der Waals surface area contributed by atoms with Gasteiger partial charge in [-0.05, 0) is 50.9 Å². The molecule has 0 bridgehead atoms. The molecule has 0 aliphatic carbocycles. The zero-order chi connectivity index (χ0) is 22.4. The van der Waals surface area contributed by atoms with Crippen LogP contribution in [0.3, 0.4) is 0 Å². The van der Waals surface area contributed by atoms with Crippen LogP contribution >= 0.6 is 0 Å². The Morgan fingerprint density at radius 2 is 1.90 bits per heavy atom. The Morgan fingerprint density at radius 3 is 2.52 bits per heavy atom. The molecule has 0 unspecified atom stereocenters. The summed E-state index contributed by atoms with van der Waals surface area (Å²) in [5, 5.41) is 0. The van der Waals surface area contributed by atoms with Gasteiger partial charge in [0.2, 0.25) is 0 Å². The predicted molar refractivity (Wildman–Crippen MR) is 118 cm³/mol. The zero-order valence-electron chi connectivity index (χ0n) is 19.0. The van der Waals surface area contributed by atoms with Crippen molar-refractivity contribution >= 4 is 11.8 Å². The molecule has 3 rings (SSSR count). The first-order valence-electron chi connectivity index (χ1n) is 11.2. The van der Waals surface area contributed by atoms with E-state index in [4.69, 9.17) is 4.74 Å². The van der Waals surface area contributed by atoms with E-state index < -0.39 is 5.82 Å². The molecule has 0 N–H and O–H groups in total. The third kappa shape index (κ3) is 6.40. The minimum absolute atomic E-state index is 0.0152. The Hall–Kier alpha value is -2.19. The Morgan fingerprint density at radius 1 is 1.16 bits per heavy atom. The van der Waals surface area contributed by atoms with Crippen LogP contribution < -0.4 is 4.74 Å². The lowest BCUT2D eigenvalue weighted by atomic mass is 10.1. The number of ketones is 1. The average molecular weight is 435 g/mol. The molecule has 8 heteroatoms. The van der Waals surface area contributed by atoms with E-state index >= 15 is 0 Å². The zero-order valence-corrected chi connectivity index (χ0v) is 19.0. The number of rotatable bonds is 8. The average Bonchev–Trinajstić information content (AvgIpc) is 3.16. The minimum Gasteiger partial charge on any atom is -0.490 e. The molecule has 2 saturated heterocycles. The Balaban J connectivity index is 1.42. The summed E-state index contributed by atoms with van der Waals surface area (Å²) in [4.78, 5) is 32.4. The van der Waals surface area contributed by atoms with Gasteiger partial charge in [-0.1, -0.05) is 0 Å². The normalized spacial score (nSPS) is 20.1. The highest BCUT2D eigenvalue weighted by molar-refractivity contribution is 5.97. The van der Waals surface area contributed by atoms with Gasteiger partial charge in [-0.2, -0.15) is 0 Å². The van der Waals surface area contributed by atoms with Gasteiger partial charge in [-0.3, -0.25) is 9.69 Å². The van der Waals surface area contributed by atoms with E-state index in [1.165, 1.54) is 18.9 Å². The monoisotopic (exact) mass is 434 g/mol. The van der Waals surface area contributed by atoms with Gasteiger partial charge >= 0.3 is 6.03 Å². The molecule has 2 heterocycles. The first-order valence-corrected chi connectivity index (χ1v) is 11.2. The van der Waals surface area contributed by atoms with E-state index in [9.17, 15) is 14.0 Å². The molecular weight excluding hydrogens is 399 g/mol. The number of amides is 2. The van der Waals surface area contributed by atoms with Crippen molar-refractivity contribution in [1.82, 2.24) is 19.6 Å². The number of Topliss-reactive ketones (excluding diaryl/α,β-unsaturated/α-hetero) is 1. The van der Waals surface area contributed by atoms with Crippen molar-refractivity contribution in [1.29, 1.82) is 0 Å². The van der Waals surface area contributed by atoms with Gasteiger partial charge in [0.15, 0.2) is 17.3 Å². The van der Waals surface area contributed by atoms with Gasteiger partial charge in [-0.25, -0.2) is 9.18 Å². The van der Waals surface area contributed by atoms with Crippen LogP contribution in [0.15, 0.2) is 18.2 Å². The fourth-order valence-corrected chi connectivity index (χ4v) is 4.24. The predicted octanol–water partition coefficient (Wildman–Crippen LogP) is 2.56. The third-order valence-electron chi connectivity index (χ3n) is 6.18. The Kier molecular flexibility index (Phi) is 8.26. The van der Waals surface area contributed by atoms with Gasteiger partial charge in [0.05, 0.1) is 13.2 Å². The number of hydrogen-bond acceptors (Lipinski definition) is 5. The molecule has 1 aromatic rings. The molecule has 0 saturated carbocycles. The van der Waals surface area contributed by atoms with Gasteiger partial charge in [-0.15, -0.1) is 0 Å². The molecule has 0 spiro atoms. The van der Waals surface area contributed by atoms with E-state index in [2.05, 4.69) is 11.8 Å². The molecule has 0 aromatic heterocycles. The second-order valence-corrected chi connectivity index (χ2v) is 8.74. The van der Waals surface area contributed by atoms with Crippen molar-refractivity contribution in [3.8, 4) is 5.75 Å². The minimum atomic E-state index is -0.498. The number of carbonyl (C=O) groups is 2. The number of hydrogen-bond donors (Lipinski definition) is 0. The van der Waals surface area contributed by atoms with E-state index in [-0.39, 0.29) is 24.1 Å². The van der Waals surface area contributed by atoms with Crippen molar-refractivity contribution in [2.45, 2.75) is 32.2 Å². The van der Waals surface area contributed by atoms with Crippen LogP contribution in [0.25, 0.3) is 0 Å². The van der Waals surface area contributed by atoms with Gasteiger partial charge < -0.3 is 19.4 Å². The SMILES string of the molecule is C[C@@H]1CCCN1CCCOc1ccc(C(=O)CN2CCN(C(=O)N(C)C)CC2)cc1F. The standard InChI is InChI=1S/C23H35FN4O3/c1-18-6-4-9-27(18)10-5-15-31-22-8-7-19(16-20(22)24)21(29)17-26-11-13-28(14-12-26)23(30)25(2)3/h7-8,16,18H,4-6,9-15,17H2,1-3H3/t18-/m1/s1. The lowest BCUT2D eigenvalue weighted by Crippen LogP contribution is -2.52. The molecule has 0 radical (unpaired) electrons. The van der Waals surface area contributed by atoms with Crippen LogP contribution in [0.2, 0.25) is 0 Å². The fourth-order valence-electron chi connectivity index (χ4n) is 4.24. The van der Waals surface area contributed by atoms with Crippen LogP contribution in [0.5, 0.6) is 5.75 Å². The molecule has 31 heavy (non-hydrogen) atoms. The summed E-state index contributed by atoms with van der Waals surface area (Å²) in [6, 6.07) is 5.06. The number of piperazine rings is 1. The number of ether oxygens (including phenoxy) is 1. The van der Waals surface area contributed by atoms with Gasteiger partial charge in [0.25, 0.3) is 0 Å². The summed E-state index contributed by atoms with van der Waals surface area (Å²) in [7, 11) is 3.46. The highest BCUT2D eigenvalue weighted by atomic mass is 19.1. The summed E-state index contributed by atoms with van der Waals surface area (Å²) in [5.41, 5.74) is 0.350. The number of urea groups is 1. The largest absolute Gasteiger partial charge is 0.490 e. The highest BCUT2D eigenvalue weighted by Crippen LogP contribution is 2.20. The maximum atomic E-state index is 14.4. The molecule has 2 amide bonds. The lowest BCUT2D eigenvalue weighted by molar-refractivity contribution is 0.0863. The number of benzene rings is 1. The highest BCUT2D eigenvalue weighted by Gasteiger charge is 2.24. The first-order chi connectivity index (χ1) is 14.8. The summed E-state index contributed by atoms with van der Waals surface area (Å²) < 4.78 is 20.1.